The Kier molecular flexibility index (Phi) is 10.7. The Bertz CT molecular complexity index is 673. The Morgan fingerprint density at radius 1 is 1.07 bits per heavy atom. The van der Waals surface area contributed by atoms with Gasteiger partial charge in [0.25, 0.3) is 0 Å². The molecule has 148 valence electrons. The summed E-state index contributed by atoms with van der Waals surface area (Å²) in [5, 5.41) is 25.5. The molecule has 1 heterocycles. The Balaban J connectivity index is 0.000000387. The third-order valence-electron chi connectivity index (χ3n) is 3.71. The van der Waals surface area contributed by atoms with Crippen LogP contribution in [0.3, 0.4) is 0 Å². The summed E-state index contributed by atoms with van der Waals surface area (Å²) >= 11 is 1.67. The summed E-state index contributed by atoms with van der Waals surface area (Å²) < 4.78 is 0. The van der Waals surface area contributed by atoms with Crippen LogP contribution in [-0.2, 0) is 9.59 Å². The Morgan fingerprint density at radius 2 is 1.67 bits per heavy atom. The van der Waals surface area contributed by atoms with E-state index in [9.17, 15) is 19.8 Å². The molecule has 1 N–H and O–H groups in total. The highest BCUT2D eigenvalue weighted by atomic mass is 32.1. The third-order valence-corrected chi connectivity index (χ3v) is 4.51. The molecule has 8 heteroatoms. The number of likely N-dealkylation sites (N-methyl/N-ethyl adjacent to an activating group) is 1. The number of anilines is 1. The number of carboxylic acids is 2. The van der Waals surface area contributed by atoms with Crippen molar-refractivity contribution in [1.29, 1.82) is 0 Å². The Morgan fingerprint density at radius 3 is 2.19 bits per heavy atom. The molecule has 0 fully saturated rings. The second-order valence-electron chi connectivity index (χ2n) is 5.60. The number of hydrogen-bond acceptors (Lipinski definition) is 8. The van der Waals surface area contributed by atoms with Crippen LogP contribution >= 0.6 is 11.3 Å². The first-order valence-electron chi connectivity index (χ1n) is 8.83. The van der Waals surface area contributed by atoms with Crippen LogP contribution in [0.5, 0.6) is 0 Å². The van der Waals surface area contributed by atoms with E-state index in [2.05, 4.69) is 46.6 Å². The van der Waals surface area contributed by atoms with Gasteiger partial charge in [-0.3, -0.25) is 0 Å². The van der Waals surface area contributed by atoms with E-state index in [-0.39, 0.29) is 0 Å². The van der Waals surface area contributed by atoms with E-state index in [0.717, 1.165) is 37.0 Å². The summed E-state index contributed by atoms with van der Waals surface area (Å²) in [5.74, 6) is -2.73. The van der Waals surface area contributed by atoms with Crippen LogP contribution in [0.25, 0.3) is 11.3 Å². The molecule has 0 aliphatic heterocycles. The van der Waals surface area contributed by atoms with Crippen molar-refractivity contribution in [2.45, 2.75) is 26.7 Å². The van der Waals surface area contributed by atoms with Gasteiger partial charge in [-0.25, -0.2) is 4.98 Å². The number of rotatable bonds is 10. The molecule has 0 bridgehead atoms. The molecule has 0 radical (unpaired) electrons. The van der Waals surface area contributed by atoms with Gasteiger partial charge < -0.3 is 30.0 Å². The van der Waals surface area contributed by atoms with E-state index in [1.54, 1.807) is 11.3 Å². The summed E-state index contributed by atoms with van der Waals surface area (Å²) in [5.41, 5.74) is 2.23. The number of aromatic nitrogens is 1. The van der Waals surface area contributed by atoms with E-state index >= 15 is 0 Å². The first-order valence-corrected chi connectivity index (χ1v) is 9.71. The highest BCUT2D eigenvalue weighted by Crippen LogP contribution is 2.24. The number of thiazole rings is 1. The largest absolute Gasteiger partial charge is 0.550 e. The number of carbonyl (C=O) groups excluding carboxylic acids is 2. The molecule has 7 nitrogen and oxygen atoms in total. The van der Waals surface area contributed by atoms with E-state index in [1.165, 1.54) is 5.56 Å². The van der Waals surface area contributed by atoms with Gasteiger partial charge in [-0.1, -0.05) is 44.2 Å². The molecule has 0 atom stereocenters. The fraction of sp³-hybridized carbons (Fsp3) is 0.421. The summed E-state index contributed by atoms with van der Waals surface area (Å²) in [4.78, 5) is 26.0. The zero-order valence-electron chi connectivity index (χ0n) is 15.6. The predicted molar refractivity (Wildman–Crippen MR) is 103 cm³/mol. The lowest BCUT2D eigenvalue weighted by atomic mass is 10.2. The standard InChI is InChI=1S/C15H21N3S.C4H6O4/c1-3-18(4-2)11-10-16-15-17-14(12-19-15)13-8-6-5-7-9-13;5-3(6)1-2-4(7)8/h5-9,12H,3-4,10-11H2,1-2H3,(H,16,17);1-2H2,(H,5,6)(H,7,8)/p-2. The molecule has 1 aromatic carbocycles. The van der Waals surface area contributed by atoms with Crippen molar-refractivity contribution in [2.75, 3.05) is 31.5 Å². The summed E-state index contributed by atoms with van der Waals surface area (Å²) in [6, 6.07) is 10.3. The molecule has 0 unspecified atom stereocenters. The van der Waals surface area contributed by atoms with Crippen LogP contribution in [0.4, 0.5) is 5.13 Å². The lowest BCUT2D eigenvalue weighted by Gasteiger charge is -2.17. The molecule has 0 aliphatic rings. The maximum Gasteiger partial charge on any atom is 0.183 e. The van der Waals surface area contributed by atoms with Crippen molar-refractivity contribution >= 4 is 28.4 Å². The van der Waals surface area contributed by atoms with Crippen LogP contribution in [0.15, 0.2) is 35.7 Å². The van der Waals surface area contributed by atoms with E-state index in [0.29, 0.717) is 0 Å². The van der Waals surface area contributed by atoms with Crippen molar-refractivity contribution in [1.82, 2.24) is 9.88 Å². The number of nitrogens with one attached hydrogen (secondary N) is 1. The Hall–Kier alpha value is -2.45. The molecule has 0 spiro atoms. The maximum atomic E-state index is 9.50. The van der Waals surface area contributed by atoms with Gasteiger partial charge in [0.1, 0.15) is 0 Å². The monoisotopic (exact) mass is 391 g/mol. The molecule has 0 amide bonds. The van der Waals surface area contributed by atoms with Crippen molar-refractivity contribution < 1.29 is 19.8 Å². The summed E-state index contributed by atoms with van der Waals surface area (Å²) in [6.45, 7) is 8.61. The molecule has 0 aliphatic carbocycles. The number of carboxylic acid groups (broad SMARTS) is 2. The van der Waals surface area contributed by atoms with Crippen molar-refractivity contribution in [3.05, 3.63) is 35.7 Å². The average Bonchev–Trinajstić information content (AvgIpc) is 3.14. The van der Waals surface area contributed by atoms with E-state index in [4.69, 9.17) is 0 Å². The van der Waals surface area contributed by atoms with Gasteiger partial charge in [-0.2, -0.15) is 0 Å². The van der Waals surface area contributed by atoms with E-state index in [1.807, 2.05) is 18.2 Å². The second-order valence-corrected chi connectivity index (χ2v) is 6.46. The molecular weight excluding hydrogens is 366 g/mol. The van der Waals surface area contributed by atoms with Gasteiger partial charge in [-0.05, 0) is 25.9 Å². The minimum Gasteiger partial charge on any atom is -0.550 e. The molecule has 0 saturated carbocycles. The smallest absolute Gasteiger partial charge is 0.183 e. The topological polar surface area (TPSA) is 108 Å². The maximum absolute atomic E-state index is 9.50. The first kappa shape index (κ1) is 22.6. The number of hydrogen-bond donors (Lipinski definition) is 1. The SMILES string of the molecule is CCN(CC)CCNc1nc(-c2ccccc2)cs1.O=C([O-])CCC(=O)[O-]. The van der Waals surface area contributed by atoms with Crippen LogP contribution < -0.4 is 15.5 Å². The van der Waals surface area contributed by atoms with Crippen molar-refractivity contribution in [3.63, 3.8) is 0 Å². The lowest BCUT2D eigenvalue weighted by Crippen LogP contribution is -2.28. The Labute approximate surface area is 163 Å². The van der Waals surface area contributed by atoms with Crippen LogP contribution in [-0.4, -0.2) is 48.0 Å². The van der Waals surface area contributed by atoms with Gasteiger partial charge >= 0.3 is 0 Å². The predicted octanol–water partition coefficient (Wildman–Crippen LogP) is 0.830. The van der Waals surface area contributed by atoms with Gasteiger partial charge in [0.05, 0.1) is 5.69 Å². The molecular formula is C19H25N3O4S-2. The normalized spacial score (nSPS) is 10.2. The molecule has 2 aromatic rings. The first-order chi connectivity index (χ1) is 13.0. The highest BCUT2D eigenvalue weighted by Gasteiger charge is 2.04. The second kappa shape index (κ2) is 12.8. The fourth-order valence-electron chi connectivity index (χ4n) is 2.16. The van der Waals surface area contributed by atoms with Crippen molar-refractivity contribution in [3.8, 4) is 11.3 Å². The number of nitrogens with zero attached hydrogens (tertiary/aromatic N) is 2. The molecule has 2 rings (SSSR count). The number of aliphatic carboxylic acids is 2. The highest BCUT2D eigenvalue weighted by molar-refractivity contribution is 7.14. The third kappa shape index (κ3) is 9.72. The number of benzene rings is 1. The van der Waals surface area contributed by atoms with Gasteiger partial charge in [-0.15, -0.1) is 11.3 Å². The minimum absolute atomic E-state index is 0.470. The van der Waals surface area contributed by atoms with Gasteiger partial charge in [0, 0.05) is 36.0 Å². The zero-order chi connectivity index (χ0) is 20.1. The lowest BCUT2D eigenvalue weighted by molar-refractivity contribution is -0.315. The minimum atomic E-state index is -1.37. The summed E-state index contributed by atoms with van der Waals surface area (Å²) in [7, 11) is 0. The van der Waals surface area contributed by atoms with E-state index < -0.39 is 24.8 Å². The fourth-order valence-corrected chi connectivity index (χ4v) is 2.91. The van der Waals surface area contributed by atoms with Crippen LogP contribution in [0.1, 0.15) is 26.7 Å². The molecule has 1 aromatic heterocycles. The van der Waals surface area contributed by atoms with Crippen molar-refractivity contribution in [2.24, 2.45) is 0 Å². The summed E-state index contributed by atoms with van der Waals surface area (Å²) in [6.07, 6.45) is -0.940. The van der Waals surface area contributed by atoms with Crippen LogP contribution in [0, 0.1) is 0 Å². The van der Waals surface area contributed by atoms with Crippen LogP contribution in [0.2, 0.25) is 0 Å². The average molecular weight is 391 g/mol. The van der Waals surface area contributed by atoms with Gasteiger partial charge in [0.15, 0.2) is 5.13 Å². The zero-order valence-corrected chi connectivity index (χ0v) is 16.5. The molecule has 27 heavy (non-hydrogen) atoms. The quantitative estimate of drug-likeness (QED) is 0.639. The van der Waals surface area contributed by atoms with Gasteiger partial charge in [0.2, 0.25) is 0 Å². The number of carbonyl (C=O) groups is 2. The molecule has 0 saturated heterocycles.